The second kappa shape index (κ2) is 7.24. The van der Waals surface area contributed by atoms with Crippen LogP contribution in [0.5, 0.6) is 0 Å². The molecular weight excluding hydrogens is 264 g/mol. The van der Waals surface area contributed by atoms with E-state index >= 15 is 0 Å². The first-order valence-corrected chi connectivity index (χ1v) is 8.96. The highest BCUT2D eigenvalue weighted by Crippen LogP contribution is 2.19. The van der Waals surface area contributed by atoms with Crippen LogP contribution in [0, 0.1) is 11.8 Å². The van der Waals surface area contributed by atoms with Crippen LogP contribution in [0.3, 0.4) is 0 Å². The summed E-state index contributed by atoms with van der Waals surface area (Å²) in [5.74, 6) is 0.316. The van der Waals surface area contributed by atoms with Crippen molar-refractivity contribution >= 4 is 15.9 Å². The van der Waals surface area contributed by atoms with Crippen molar-refractivity contribution in [2.45, 2.75) is 39.5 Å². The summed E-state index contributed by atoms with van der Waals surface area (Å²) < 4.78 is 24.4. The Morgan fingerprint density at radius 3 is 2.53 bits per heavy atom. The van der Waals surface area contributed by atoms with Gasteiger partial charge in [0.25, 0.3) is 0 Å². The minimum absolute atomic E-state index is 0.000231. The highest BCUT2D eigenvalue weighted by Gasteiger charge is 2.30. The van der Waals surface area contributed by atoms with Crippen LogP contribution in [-0.2, 0) is 14.8 Å². The van der Waals surface area contributed by atoms with Gasteiger partial charge in [-0.25, -0.2) is 12.7 Å². The molecule has 0 saturated carbocycles. The molecule has 0 radical (unpaired) electrons. The molecule has 1 atom stereocenters. The van der Waals surface area contributed by atoms with Gasteiger partial charge in [-0.1, -0.05) is 26.7 Å². The minimum atomic E-state index is -3.18. The molecule has 0 bridgehead atoms. The number of hydrogen-bond acceptors (Lipinski definition) is 3. The third-order valence-electron chi connectivity index (χ3n) is 3.94. The number of nitrogens with zero attached hydrogens (tertiary/aromatic N) is 1. The van der Waals surface area contributed by atoms with Gasteiger partial charge >= 0.3 is 0 Å². The average Bonchev–Trinajstić information content (AvgIpc) is 2.39. The lowest BCUT2D eigenvalue weighted by atomic mass is 9.98. The zero-order valence-electron chi connectivity index (χ0n) is 12.2. The van der Waals surface area contributed by atoms with Crippen LogP contribution in [0.1, 0.15) is 39.5 Å². The summed E-state index contributed by atoms with van der Waals surface area (Å²) in [6.45, 7) is 5.79. The summed E-state index contributed by atoms with van der Waals surface area (Å²) >= 11 is 0. The fourth-order valence-corrected chi connectivity index (χ4v) is 3.34. The standard InChI is InChI=1S/C13H26N2O3S/c1-4-11(5-2)9-14-13(16)12-7-6-8-15(10-12)19(3,17)18/h11-12H,4-10H2,1-3H3,(H,14,16). The Bertz CT molecular complexity index is 391. The third-order valence-corrected chi connectivity index (χ3v) is 5.21. The van der Waals surface area contributed by atoms with Crippen molar-refractivity contribution in [1.29, 1.82) is 0 Å². The molecule has 0 spiro atoms. The van der Waals surface area contributed by atoms with Gasteiger partial charge < -0.3 is 5.32 Å². The number of carbonyl (C=O) groups is 1. The molecule has 1 aliphatic rings. The van der Waals surface area contributed by atoms with Gasteiger partial charge in [-0.05, 0) is 18.8 Å². The first-order chi connectivity index (χ1) is 8.88. The summed E-state index contributed by atoms with van der Waals surface area (Å²) in [6, 6.07) is 0. The Morgan fingerprint density at radius 1 is 1.37 bits per heavy atom. The predicted molar refractivity (Wildman–Crippen MR) is 76.2 cm³/mol. The lowest BCUT2D eigenvalue weighted by molar-refractivity contribution is -0.126. The van der Waals surface area contributed by atoms with Crippen LogP contribution in [0.4, 0.5) is 0 Å². The van der Waals surface area contributed by atoms with E-state index in [0.717, 1.165) is 25.7 Å². The summed E-state index contributed by atoms with van der Waals surface area (Å²) in [6.07, 6.45) is 4.85. The molecule has 19 heavy (non-hydrogen) atoms. The summed E-state index contributed by atoms with van der Waals surface area (Å²) in [5.41, 5.74) is 0. The normalized spacial score (nSPS) is 21.6. The average molecular weight is 290 g/mol. The maximum atomic E-state index is 12.1. The van der Waals surface area contributed by atoms with Crippen molar-refractivity contribution in [3.8, 4) is 0 Å². The predicted octanol–water partition coefficient (Wildman–Crippen LogP) is 1.21. The summed E-state index contributed by atoms with van der Waals surface area (Å²) in [7, 11) is -3.18. The third kappa shape index (κ3) is 5.10. The fraction of sp³-hybridized carbons (Fsp3) is 0.923. The first kappa shape index (κ1) is 16.4. The Labute approximate surface area is 116 Å². The van der Waals surface area contributed by atoms with Crippen LogP contribution in [0.15, 0.2) is 0 Å². The Hall–Kier alpha value is -0.620. The molecule has 1 unspecified atom stereocenters. The quantitative estimate of drug-likeness (QED) is 0.799. The largest absolute Gasteiger partial charge is 0.356 e. The van der Waals surface area contributed by atoms with Gasteiger partial charge in [-0.15, -0.1) is 0 Å². The highest BCUT2D eigenvalue weighted by molar-refractivity contribution is 7.88. The van der Waals surface area contributed by atoms with Crippen LogP contribution in [0.25, 0.3) is 0 Å². The molecule has 0 aromatic rings. The Kier molecular flexibility index (Phi) is 6.26. The monoisotopic (exact) mass is 290 g/mol. The van der Waals surface area contributed by atoms with Crippen LogP contribution >= 0.6 is 0 Å². The van der Waals surface area contributed by atoms with E-state index in [4.69, 9.17) is 0 Å². The number of hydrogen-bond donors (Lipinski definition) is 1. The molecular formula is C13H26N2O3S. The molecule has 0 aliphatic carbocycles. The van der Waals surface area contributed by atoms with Crippen LogP contribution < -0.4 is 5.32 Å². The van der Waals surface area contributed by atoms with Crippen molar-refractivity contribution < 1.29 is 13.2 Å². The van der Waals surface area contributed by atoms with E-state index in [1.807, 2.05) is 0 Å². The van der Waals surface area contributed by atoms with E-state index in [1.165, 1.54) is 10.6 Å². The first-order valence-electron chi connectivity index (χ1n) is 7.11. The number of sulfonamides is 1. The summed E-state index contributed by atoms with van der Waals surface area (Å²) in [4.78, 5) is 12.1. The molecule has 5 nitrogen and oxygen atoms in total. The molecule has 1 aliphatic heterocycles. The lowest BCUT2D eigenvalue weighted by Gasteiger charge is -2.30. The lowest BCUT2D eigenvalue weighted by Crippen LogP contribution is -2.45. The van der Waals surface area contributed by atoms with Gasteiger partial charge in [-0.3, -0.25) is 4.79 Å². The smallest absolute Gasteiger partial charge is 0.224 e. The molecule has 0 aromatic carbocycles. The maximum absolute atomic E-state index is 12.1. The van der Waals surface area contributed by atoms with Gasteiger partial charge in [0.05, 0.1) is 12.2 Å². The SMILES string of the molecule is CCC(CC)CNC(=O)C1CCCN(S(C)(=O)=O)C1. The van der Waals surface area contributed by atoms with Crippen LogP contribution in [-0.4, -0.2) is 44.5 Å². The molecule has 1 N–H and O–H groups in total. The van der Waals surface area contributed by atoms with E-state index in [1.54, 1.807) is 0 Å². The fourth-order valence-electron chi connectivity index (χ4n) is 2.42. The van der Waals surface area contributed by atoms with E-state index in [2.05, 4.69) is 19.2 Å². The minimum Gasteiger partial charge on any atom is -0.356 e. The van der Waals surface area contributed by atoms with E-state index in [9.17, 15) is 13.2 Å². The Balaban J connectivity index is 2.48. The van der Waals surface area contributed by atoms with Crippen molar-refractivity contribution in [3.05, 3.63) is 0 Å². The second-order valence-corrected chi connectivity index (χ2v) is 7.37. The molecule has 6 heteroatoms. The molecule has 1 saturated heterocycles. The van der Waals surface area contributed by atoms with E-state index in [-0.39, 0.29) is 11.8 Å². The van der Waals surface area contributed by atoms with Crippen molar-refractivity contribution in [2.24, 2.45) is 11.8 Å². The maximum Gasteiger partial charge on any atom is 0.224 e. The van der Waals surface area contributed by atoms with E-state index in [0.29, 0.717) is 25.6 Å². The molecule has 112 valence electrons. The number of nitrogens with one attached hydrogen (secondary N) is 1. The topological polar surface area (TPSA) is 66.5 Å². The zero-order valence-corrected chi connectivity index (χ0v) is 13.0. The van der Waals surface area contributed by atoms with E-state index < -0.39 is 10.0 Å². The number of rotatable bonds is 6. The Morgan fingerprint density at radius 2 is 2.00 bits per heavy atom. The number of amides is 1. The molecule has 1 fully saturated rings. The van der Waals surface area contributed by atoms with Crippen LogP contribution in [0.2, 0.25) is 0 Å². The highest BCUT2D eigenvalue weighted by atomic mass is 32.2. The van der Waals surface area contributed by atoms with Gasteiger partial charge in [0.15, 0.2) is 0 Å². The zero-order chi connectivity index (χ0) is 14.5. The second-order valence-electron chi connectivity index (χ2n) is 5.39. The van der Waals surface area contributed by atoms with Crippen molar-refractivity contribution in [3.63, 3.8) is 0 Å². The van der Waals surface area contributed by atoms with Crippen molar-refractivity contribution in [1.82, 2.24) is 9.62 Å². The summed E-state index contributed by atoms with van der Waals surface area (Å²) in [5, 5.41) is 2.97. The number of piperidine rings is 1. The van der Waals surface area contributed by atoms with Gasteiger partial charge in [0.1, 0.15) is 0 Å². The molecule has 1 heterocycles. The molecule has 1 amide bonds. The van der Waals surface area contributed by atoms with Gasteiger partial charge in [-0.2, -0.15) is 0 Å². The number of carbonyl (C=O) groups excluding carboxylic acids is 1. The van der Waals surface area contributed by atoms with Gasteiger partial charge in [0.2, 0.25) is 15.9 Å². The van der Waals surface area contributed by atoms with Crippen molar-refractivity contribution in [2.75, 3.05) is 25.9 Å². The van der Waals surface area contributed by atoms with Gasteiger partial charge in [0, 0.05) is 19.6 Å². The molecule has 1 rings (SSSR count). The molecule has 0 aromatic heterocycles.